The highest BCUT2D eigenvalue weighted by atomic mass is 35.5. The van der Waals surface area contributed by atoms with Crippen molar-refractivity contribution in [3.8, 4) is 0 Å². The Kier molecular flexibility index (Phi) is 5.75. The first kappa shape index (κ1) is 16.4. The highest BCUT2D eigenvalue weighted by Crippen LogP contribution is 2.26. The number of nitrogens with zero attached hydrogens (tertiary/aromatic N) is 2. The Hall–Kier alpha value is -0.670. The van der Waals surface area contributed by atoms with E-state index in [-0.39, 0.29) is 5.91 Å². The molecule has 5 heteroatoms. The molecule has 0 fully saturated rings. The Bertz CT molecular complexity index is 443. The zero-order chi connectivity index (χ0) is 14.7. The molecule has 0 spiro atoms. The van der Waals surface area contributed by atoms with Gasteiger partial charge in [-0.2, -0.15) is 0 Å². The van der Waals surface area contributed by atoms with Crippen molar-refractivity contribution >= 4 is 29.1 Å². The molecule has 0 unspecified atom stereocenters. The van der Waals surface area contributed by atoms with Crippen molar-refractivity contribution < 1.29 is 4.79 Å². The van der Waals surface area contributed by atoms with E-state index in [0.717, 1.165) is 13.1 Å². The minimum absolute atomic E-state index is 0.0151. The molecular formula is C14H22Cl2N2O. The van der Waals surface area contributed by atoms with E-state index in [4.69, 9.17) is 23.2 Å². The van der Waals surface area contributed by atoms with Crippen molar-refractivity contribution in [2.45, 2.75) is 27.7 Å². The van der Waals surface area contributed by atoms with Crippen LogP contribution < -0.4 is 0 Å². The van der Waals surface area contributed by atoms with Gasteiger partial charge in [0.05, 0.1) is 5.02 Å². The molecule has 1 rings (SSSR count). The van der Waals surface area contributed by atoms with Gasteiger partial charge in [-0.25, -0.2) is 0 Å². The molecule has 1 heterocycles. The topological polar surface area (TPSA) is 25.2 Å². The summed E-state index contributed by atoms with van der Waals surface area (Å²) >= 11 is 12.0. The van der Waals surface area contributed by atoms with Crippen LogP contribution in [0.1, 0.15) is 38.2 Å². The first-order valence-electron chi connectivity index (χ1n) is 6.54. The summed E-state index contributed by atoms with van der Waals surface area (Å²) in [6.45, 7) is 9.88. The number of halogens is 2. The molecule has 3 nitrogen and oxygen atoms in total. The van der Waals surface area contributed by atoms with E-state index in [9.17, 15) is 4.79 Å². The largest absolute Gasteiger partial charge is 0.337 e. The van der Waals surface area contributed by atoms with Gasteiger partial charge in [0.25, 0.3) is 5.91 Å². The zero-order valence-electron chi connectivity index (χ0n) is 12.2. The summed E-state index contributed by atoms with van der Waals surface area (Å²) in [5.74, 6) is 0.835. The van der Waals surface area contributed by atoms with E-state index in [1.54, 1.807) is 17.7 Å². The molecule has 1 amide bonds. The summed E-state index contributed by atoms with van der Waals surface area (Å²) in [5.41, 5.74) is 0.538. The normalized spacial score (nSPS) is 11.4. The number of hydrogen-bond donors (Lipinski definition) is 0. The predicted octanol–water partition coefficient (Wildman–Crippen LogP) is 4.09. The molecule has 0 saturated carbocycles. The van der Waals surface area contributed by atoms with Gasteiger partial charge in [-0.15, -0.1) is 0 Å². The molecule has 0 aliphatic heterocycles. The van der Waals surface area contributed by atoms with Gasteiger partial charge < -0.3 is 9.47 Å². The maximum Gasteiger partial charge on any atom is 0.270 e. The van der Waals surface area contributed by atoms with Crippen LogP contribution in [0.15, 0.2) is 6.07 Å². The van der Waals surface area contributed by atoms with Crippen LogP contribution in [0.3, 0.4) is 0 Å². The average molecular weight is 305 g/mol. The van der Waals surface area contributed by atoms with Crippen LogP contribution in [0, 0.1) is 11.8 Å². The van der Waals surface area contributed by atoms with E-state index in [2.05, 4.69) is 27.7 Å². The molecule has 19 heavy (non-hydrogen) atoms. The lowest BCUT2D eigenvalue weighted by atomic mass is 10.1. The third-order valence-corrected chi connectivity index (χ3v) is 3.64. The number of amides is 1. The lowest BCUT2D eigenvalue weighted by Crippen LogP contribution is -2.37. The maximum absolute atomic E-state index is 12.6. The van der Waals surface area contributed by atoms with Crippen molar-refractivity contribution in [1.29, 1.82) is 0 Å². The number of rotatable bonds is 5. The van der Waals surface area contributed by atoms with Crippen LogP contribution in [0.25, 0.3) is 0 Å². The van der Waals surface area contributed by atoms with Crippen LogP contribution in [-0.4, -0.2) is 28.5 Å². The van der Waals surface area contributed by atoms with Gasteiger partial charge in [-0.3, -0.25) is 4.79 Å². The first-order valence-corrected chi connectivity index (χ1v) is 7.29. The zero-order valence-corrected chi connectivity index (χ0v) is 13.7. The second-order valence-electron chi connectivity index (χ2n) is 5.73. The highest BCUT2D eigenvalue weighted by molar-refractivity contribution is 6.41. The number of aromatic nitrogens is 1. The predicted molar refractivity (Wildman–Crippen MR) is 81.0 cm³/mol. The number of hydrogen-bond acceptors (Lipinski definition) is 1. The van der Waals surface area contributed by atoms with Gasteiger partial charge >= 0.3 is 0 Å². The minimum Gasteiger partial charge on any atom is -0.337 e. The molecule has 0 aromatic carbocycles. The summed E-state index contributed by atoms with van der Waals surface area (Å²) in [7, 11) is 1.75. The molecule has 0 bridgehead atoms. The Labute approximate surface area is 125 Å². The third kappa shape index (κ3) is 4.15. The summed E-state index contributed by atoms with van der Waals surface area (Å²) < 4.78 is 1.64. The summed E-state index contributed by atoms with van der Waals surface area (Å²) in [6, 6.07) is 1.64. The van der Waals surface area contributed by atoms with Gasteiger partial charge in [-0.05, 0) is 17.9 Å². The Morgan fingerprint density at radius 2 is 1.68 bits per heavy atom. The van der Waals surface area contributed by atoms with Gasteiger partial charge in [0, 0.05) is 20.1 Å². The van der Waals surface area contributed by atoms with Gasteiger partial charge in [0.1, 0.15) is 10.8 Å². The summed E-state index contributed by atoms with van der Waals surface area (Å²) in [4.78, 5) is 14.5. The van der Waals surface area contributed by atoms with E-state index in [0.29, 0.717) is 27.7 Å². The molecular weight excluding hydrogens is 283 g/mol. The molecule has 0 N–H and O–H groups in total. The van der Waals surface area contributed by atoms with Gasteiger partial charge in [-0.1, -0.05) is 50.9 Å². The Balaban J connectivity index is 3.01. The summed E-state index contributed by atoms with van der Waals surface area (Å²) in [5, 5.41) is 0.820. The molecule has 0 radical (unpaired) electrons. The van der Waals surface area contributed by atoms with Crippen LogP contribution in [0.5, 0.6) is 0 Å². The average Bonchev–Trinajstić information content (AvgIpc) is 2.54. The Morgan fingerprint density at radius 1 is 1.21 bits per heavy atom. The fourth-order valence-electron chi connectivity index (χ4n) is 2.03. The second kappa shape index (κ2) is 6.67. The fourth-order valence-corrected chi connectivity index (χ4v) is 2.41. The van der Waals surface area contributed by atoms with Crippen molar-refractivity contribution in [3.63, 3.8) is 0 Å². The monoisotopic (exact) mass is 304 g/mol. The number of carbonyl (C=O) groups excluding carboxylic acids is 1. The van der Waals surface area contributed by atoms with Crippen LogP contribution in [0.4, 0.5) is 0 Å². The third-order valence-electron chi connectivity index (χ3n) is 2.79. The number of carbonyl (C=O) groups is 1. The standard InChI is InChI=1S/C14H22Cl2N2O/c1-9(2)7-18(8-10(3)4)14(19)12-6-11(15)13(16)17(12)5/h6,9-10H,7-8H2,1-5H3. The van der Waals surface area contributed by atoms with E-state index < -0.39 is 0 Å². The molecule has 0 saturated heterocycles. The first-order chi connectivity index (χ1) is 8.73. The van der Waals surface area contributed by atoms with E-state index >= 15 is 0 Å². The fraction of sp³-hybridized carbons (Fsp3) is 0.643. The van der Waals surface area contributed by atoms with Crippen molar-refractivity contribution in [3.05, 3.63) is 21.9 Å². The lowest BCUT2D eigenvalue weighted by Gasteiger charge is -2.26. The van der Waals surface area contributed by atoms with Crippen LogP contribution in [-0.2, 0) is 7.05 Å². The summed E-state index contributed by atoms with van der Waals surface area (Å²) in [6.07, 6.45) is 0. The molecule has 1 aromatic rings. The molecule has 1 aromatic heterocycles. The Morgan fingerprint density at radius 3 is 2.00 bits per heavy atom. The SMILES string of the molecule is CC(C)CN(CC(C)C)C(=O)c1cc(Cl)c(Cl)n1C. The van der Waals surface area contributed by atoms with Crippen LogP contribution in [0.2, 0.25) is 10.2 Å². The van der Waals surface area contributed by atoms with Gasteiger partial charge in [0.15, 0.2) is 0 Å². The quantitative estimate of drug-likeness (QED) is 0.804. The lowest BCUT2D eigenvalue weighted by molar-refractivity contribution is 0.0705. The van der Waals surface area contributed by atoms with Gasteiger partial charge in [0.2, 0.25) is 0 Å². The smallest absolute Gasteiger partial charge is 0.270 e. The van der Waals surface area contributed by atoms with E-state index in [1.165, 1.54) is 0 Å². The maximum atomic E-state index is 12.6. The molecule has 108 valence electrons. The van der Waals surface area contributed by atoms with Crippen LogP contribution >= 0.6 is 23.2 Å². The highest BCUT2D eigenvalue weighted by Gasteiger charge is 2.22. The molecule has 0 atom stereocenters. The van der Waals surface area contributed by atoms with E-state index in [1.807, 2.05) is 4.90 Å². The van der Waals surface area contributed by atoms with Crippen molar-refractivity contribution in [1.82, 2.24) is 9.47 Å². The minimum atomic E-state index is -0.0151. The van der Waals surface area contributed by atoms with Crippen molar-refractivity contribution in [2.75, 3.05) is 13.1 Å². The van der Waals surface area contributed by atoms with Crippen molar-refractivity contribution in [2.24, 2.45) is 18.9 Å². The molecule has 0 aliphatic carbocycles. The molecule has 0 aliphatic rings. The second-order valence-corrected chi connectivity index (χ2v) is 6.49.